The van der Waals surface area contributed by atoms with E-state index in [0.717, 1.165) is 37.4 Å². The van der Waals surface area contributed by atoms with Gasteiger partial charge in [0.2, 0.25) is 0 Å². The zero-order valence-electron chi connectivity index (χ0n) is 13.6. The van der Waals surface area contributed by atoms with Crippen molar-refractivity contribution in [3.63, 3.8) is 0 Å². The minimum absolute atomic E-state index is 0.0140. The van der Waals surface area contributed by atoms with Crippen LogP contribution < -0.4 is 5.32 Å². The SMILES string of the molecule is CN1CCO[C@@H](CNCC(=O)N2CCC(c3ccccc3)=N2)C1. The maximum absolute atomic E-state index is 12.2. The van der Waals surface area contributed by atoms with Gasteiger partial charge in [0.05, 0.1) is 31.5 Å². The van der Waals surface area contributed by atoms with Crippen LogP contribution in [0.4, 0.5) is 0 Å². The number of rotatable bonds is 5. The molecule has 0 spiro atoms. The summed E-state index contributed by atoms with van der Waals surface area (Å²) in [7, 11) is 2.09. The number of benzene rings is 1. The second-order valence-electron chi connectivity index (χ2n) is 6.07. The molecule has 0 aromatic heterocycles. The molecule has 1 amide bonds. The number of nitrogens with zero attached hydrogens (tertiary/aromatic N) is 3. The molecule has 0 unspecified atom stereocenters. The largest absolute Gasteiger partial charge is 0.374 e. The molecule has 1 fully saturated rings. The summed E-state index contributed by atoms with van der Waals surface area (Å²) in [5.74, 6) is 0.0140. The van der Waals surface area contributed by atoms with E-state index in [0.29, 0.717) is 19.6 Å². The number of likely N-dealkylation sites (N-methyl/N-ethyl adjacent to an activating group) is 1. The number of ether oxygens (including phenoxy) is 1. The third kappa shape index (κ3) is 4.37. The molecular formula is C17H24N4O2. The molecule has 1 aromatic rings. The first-order valence-electron chi connectivity index (χ1n) is 8.16. The molecule has 1 atom stereocenters. The Morgan fingerprint density at radius 2 is 2.17 bits per heavy atom. The monoisotopic (exact) mass is 316 g/mol. The van der Waals surface area contributed by atoms with Crippen LogP contribution in [0.3, 0.4) is 0 Å². The first-order chi connectivity index (χ1) is 11.2. The van der Waals surface area contributed by atoms with E-state index in [2.05, 4.69) is 22.4 Å². The van der Waals surface area contributed by atoms with Crippen LogP contribution in [-0.2, 0) is 9.53 Å². The highest BCUT2D eigenvalue weighted by molar-refractivity contribution is 6.02. The Morgan fingerprint density at radius 1 is 1.35 bits per heavy atom. The van der Waals surface area contributed by atoms with Gasteiger partial charge in [-0.05, 0) is 12.6 Å². The standard InChI is InChI=1S/C17H24N4O2/c1-20-9-10-23-15(13-20)11-18-12-17(22)21-8-7-16(19-21)14-5-3-2-4-6-14/h2-6,15,18H,7-13H2,1H3/t15-/m0/s1. The summed E-state index contributed by atoms with van der Waals surface area (Å²) >= 11 is 0. The van der Waals surface area contributed by atoms with Crippen molar-refractivity contribution in [3.8, 4) is 0 Å². The molecule has 0 aliphatic carbocycles. The number of amides is 1. The van der Waals surface area contributed by atoms with Crippen LogP contribution in [0.25, 0.3) is 0 Å². The van der Waals surface area contributed by atoms with E-state index >= 15 is 0 Å². The summed E-state index contributed by atoms with van der Waals surface area (Å²) in [5.41, 5.74) is 2.07. The van der Waals surface area contributed by atoms with E-state index in [9.17, 15) is 4.79 Å². The summed E-state index contributed by atoms with van der Waals surface area (Å²) in [4.78, 5) is 14.5. The van der Waals surface area contributed by atoms with Gasteiger partial charge in [-0.25, -0.2) is 5.01 Å². The fourth-order valence-electron chi connectivity index (χ4n) is 2.89. The minimum Gasteiger partial charge on any atom is -0.374 e. The molecule has 2 aliphatic rings. The number of morpholine rings is 1. The van der Waals surface area contributed by atoms with Crippen molar-refractivity contribution in [2.24, 2.45) is 5.10 Å². The summed E-state index contributed by atoms with van der Waals surface area (Å²) in [6.45, 7) is 4.29. The normalized spacial score (nSPS) is 22.2. The fraction of sp³-hybridized carbons (Fsp3) is 0.529. The van der Waals surface area contributed by atoms with Crippen LogP contribution in [0.5, 0.6) is 0 Å². The molecule has 2 aliphatic heterocycles. The molecule has 1 aromatic carbocycles. The summed E-state index contributed by atoms with van der Waals surface area (Å²) in [6, 6.07) is 10.0. The van der Waals surface area contributed by atoms with E-state index in [1.165, 1.54) is 0 Å². The molecule has 1 N–H and O–H groups in total. The zero-order chi connectivity index (χ0) is 16.1. The van der Waals surface area contributed by atoms with Crippen LogP contribution in [0.2, 0.25) is 0 Å². The Balaban J connectivity index is 1.45. The van der Waals surface area contributed by atoms with Crippen molar-refractivity contribution in [2.75, 3.05) is 46.4 Å². The predicted molar refractivity (Wildman–Crippen MR) is 89.4 cm³/mol. The van der Waals surface area contributed by atoms with Crippen LogP contribution >= 0.6 is 0 Å². The lowest BCUT2D eigenvalue weighted by Crippen LogP contribution is -2.46. The number of nitrogens with one attached hydrogen (secondary N) is 1. The van der Waals surface area contributed by atoms with Crippen LogP contribution in [-0.4, -0.2) is 74.0 Å². The average Bonchev–Trinajstić information content (AvgIpc) is 3.06. The highest BCUT2D eigenvalue weighted by atomic mass is 16.5. The zero-order valence-corrected chi connectivity index (χ0v) is 13.6. The predicted octanol–water partition coefficient (Wildman–Crippen LogP) is 0.543. The van der Waals surface area contributed by atoms with Gasteiger partial charge in [0.25, 0.3) is 5.91 Å². The van der Waals surface area contributed by atoms with Gasteiger partial charge in [-0.15, -0.1) is 0 Å². The van der Waals surface area contributed by atoms with Gasteiger partial charge in [0.1, 0.15) is 0 Å². The molecule has 6 heteroatoms. The van der Waals surface area contributed by atoms with E-state index in [-0.39, 0.29) is 12.0 Å². The lowest BCUT2D eigenvalue weighted by atomic mass is 10.1. The molecule has 124 valence electrons. The maximum atomic E-state index is 12.2. The molecule has 2 heterocycles. The molecular weight excluding hydrogens is 292 g/mol. The van der Waals surface area contributed by atoms with Crippen molar-refractivity contribution in [1.29, 1.82) is 0 Å². The Labute approximate surface area is 137 Å². The second-order valence-corrected chi connectivity index (χ2v) is 6.07. The first kappa shape index (κ1) is 16.1. The number of hydrazone groups is 1. The Kier molecular flexibility index (Phi) is 5.38. The molecule has 0 saturated carbocycles. The third-order valence-corrected chi connectivity index (χ3v) is 4.19. The van der Waals surface area contributed by atoms with Crippen molar-refractivity contribution in [1.82, 2.24) is 15.2 Å². The van der Waals surface area contributed by atoms with Gasteiger partial charge < -0.3 is 15.0 Å². The van der Waals surface area contributed by atoms with E-state index < -0.39 is 0 Å². The molecule has 0 radical (unpaired) electrons. The highest BCUT2D eigenvalue weighted by Crippen LogP contribution is 2.13. The summed E-state index contributed by atoms with van der Waals surface area (Å²) in [5, 5.41) is 9.22. The fourth-order valence-corrected chi connectivity index (χ4v) is 2.89. The Bertz CT molecular complexity index is 561. The number of hydrogen-bond donors (Lipinski definition) is 1. The lowest BCUT2D eigenvalue weighted by molar-refractivity contribution is -0.129. The maximum Gasteiger partial charge on any atom is 0.256 e. The van der Waals surface area contributed by atoms with E-state index in [4.69, 9.17) is 4.74 Å². The molecule has 0 bridgehead atoms. The van der Waals surface area contributed by atoms with Gasteiger partial charge in [0, 0.05) is 26.1 Å². The van der Waals surface area contributed by atoms with Crippen LogP contribution in [0.1, 0.15) is 12.0 Å². The van der Waals surface area contributed by atoms with Gasteiger partial charge >= 0.3 is 0 Å². The van der Waals surface area contributed by atoms with E-state index in [1.807, 2.05) is 30.3 Å². The highest BCUT2D eigenvalue weighted by Gasteiger charge is 2.22. The summed E-state index contributed by atoms with van der Waals surface area (Å²) < 4.78 is 5.67. The smallest absolute Gasteiger partial charge is 0.256 e. The van der Waals surface area contributed by atoms with Crippen LogP contribution in [0.15, 0.2) is 35.4 Å². The van der Waals surface area contributed by atoms with Gasteiger partial charge in [0.15, 0.2) is 0 Å². The van der Waals surface area contributed by atoms with Gasteiger partial charge in [-0.3, -0.25) is 4.79 Å². The van der Waals surface area contributed by atoms with Gasteiger partial charge in [-0.1, -0.05) is 30.3 Å². The minimum atomic E-state index is 0.0140. The van der Waals surface area contributed by atoms with Gasteiger partial charge in [-0.2, -0.15) is 5.10 Å². The quantitative estimate of drug-likeness (QED) is 0.862. The third-order valence-electron chi connectivity index (χ3n) is 4.19. The van der Waals surface area contributed by atoms with Crippen LogP contribution in [0, 0.1) is 0 Å². The van der Waals surface area contributed by atoms with Crippen molar-refractivity contribution < 1.29 is 9.53 Å². The Morgan fingerprint density at radius 3 is 2.96 bits per heavy atom. The number of hydrogen-bond acceptors (Lipinski definition) is 5. The van der Waals surface area contributed by atoms with E-state index in [1.54, 1.807) is 5.01 Å². The molecule has 23 heavy (non-hydrogen) atoms. The van der Waals surface area contributed by atoms with Crippen molar-refractivity contribution in [3.05, 3.63) is 35.9 Å². The second kappa shape index (κ2) is 7.68. The molecule has 6 nitrogen and oxygen atoms in total. The average molecular weight is 316 g/mol. The van der Waals surface area contributed by atoms with Crippen molar-refractivity contribution in [2.45, 2.75) is 12.5 Å². The topological polar surface area (TPSA) is 57.2 Å². The lowest BCUT2D eigenvalue weighted by Gasteiger charge is -2.30. The molecule has 1 saturated heterocycles. The Hall–Kier alpha value is -1.76. The molecule has 3 rings (SSSR count). The number of carbonyl (C=O) groups excluding carboxylic acids is 1. The summed E-state index contributed by atoms with van der Waals surface area (Å²) in [6.07, 6.45) is 0.968. The van der Waals surface area contributed by atoms with Crippen molar-refractivity contribution >= 4 is 11.6 Å². The first-order valence-corrected chi connectivity index (χ1v) is 8.16. The number of carbonyl (C=O) groups is 1.